The summed E-state index contributed by atoms with van der Waals surface area (Å²) in [6, 6.07) is 14.4. The zero-order chi connectivity index (χ0) is 18.2. The maximum Gasteiger partial charge on any atom is 0.250 e. The third-order valence-electron chi connectivity index (χ3n) is 5.95. The number of benzene rings is 1. The number of fused-ring (bicyclic) bond motifs is 4. The van der Waals surface area contributed by atoms with Crippen LogP contribution in [-0.2, 0) is 13.1 Å². The molecule has 2 aromatic heterocycles. The number of hydrogen-bond acceptors (Lipinski definition) is 3. The minimum absolute atomic E-state index is 0.117. The van der Waals surface area contributed by atoms with Crippen LogP contribution in [0.5, 0.6) is 0 Å². The molecule has 1 unspecified atom stereocenters. The number of nitrogens with zero attached hydrogens (tertiary/aromatic N) is 3. The third-order valence-corrected chi connectivity index (χ3v) is 5.95. The van der Waals surface area contributed by atoms with Gasteiger partial charge in [0.2, 0.25) is 0 Å². The predicted octanol–water partition coefficient (Wildman–Crippen LogP) is 1.51. The van der Waals surface area contributed by atoms with Crippen molar-refractivity contribution in [2.24, 2.45) is 5.92 Å². The molecule has 2 aliphatic heterocycles. The van der Waals surface area contributed by atoms with E-state index in [9.17, 15) is 4.79 Å². The second-order valence-electron chi connectivity index (χ2n) is 7.83. The van der Waals surface area contributed by atoms with Crippen molar-refractivity contribution >= 4 is 0 Å². The van der Waals surface area contributed by atoms with Gasteiger partial charge >= 0.3 is 0 Å². The van der Waals surface area contributed by atoms with Crippen LogP contribution in [0.15, 0.2) is 66.0 Å². The first-order chi connectivity index (χ1) is 13.3. The molecular weight excluding hydrogens is 336 g/mol. The zero-order valence-corrected chi connectivity index (χ0v) is 15.2. The molecule has 4 heterocycles. The van der Waals surface area contributed by atoms with Gasteiger partial charge in [-0.25, -0.2) is 9.97 Å². The molecule has 5 nitrogen and oxygen atoms in total. The SMILES string of the molecule is O=c1ccc(-c2cncnc2)c2n1C[C@H]1C[C@@H]2C[NH+](Cc2ccccc2)C1. The molecule has 0 radical (unpaired) electrons. The molecule has 27 heavy (non-hydrogen) atoms. The summed E-state index contributed by atoms with van der Waals surface area (Å²) in [5.41, 5.74) is 4.79. The summed E-state index contributed by atoms with van der Waals surface area (Å²) in [5, 5.41) is 0. The quantitative estimate of drug-likeness (QED) is 0.771. The lowest BCUT2D eigenvalue weighted by Crippen LogP contribution is -3.13. The molecule has 1 saturated heterocycles. The van der Waals surface area contributed by atoms with Crippen LogP contribution in [0.2, 0.25) is 0 Å². The van der Waals surface area contributed by atoms with Crippen molar-refractivity contribution in [3.8, 4) is 11.1 Å². The Hall–Kier alpha value is -2.79. The topological polar surface area (TPSA) is 52.2 Å². The maximum atomic E-state index is 12.6. The number of aromatic nitrogens is 3. The molecule has 1 aromatic carbocycles. The molecule has 136 valence electrons. The van der Waals surface area contributed by atoms with Crippen LogP contribution in [0.25, 0.3) is 11.1 Å². The molecule has 5 rings (SSSR count). The van der Waals surface area contributed by atoms with Crippen LogP contribution in [0.4, 0.5) is 0 Å². The number of pyridine rings is 1. The van der Waals surface area contributed by atoms with E-state index in [4.69, 9.17) is 0 Å². The van der Waals surface area contributed by atoms with Gasteiger partial charge in [0.15, 0.2) is 0 Å². The van der Waals surface area contributed by atoms with E-state index in [1.807, 2.05) is 23.0 Å². The summed E-state index contributed by atoms with van der Waals surface area (Å²) in [6.45, 7) is 4.07. The Labute approximate surface area is 158 Å². The molecule has 0 aliphatic carbocycles. The highest BCUT2D eigenvalue weighted by Crippen LogP contribution is 2.36. The molecule has 0 amide bonds. The van der Waals surface area contributed by atoms with Crippen molar-refractivity contribution in [2.45, 2.75) is 25.4 Å². The lowest BCUT2D eigenvalue weighted by atomic mass is 9.80. The molecule has 0 spiro atoms. The second kappa shape index (κ2) is 6.74. The molecular formula is C22H23N4O+. The van der Waals surface area contributed by atoms with Crippen molar-refractivity contribution in [3.63, 3.8) is 0 Å². The Morgan fingerprint density at radius 2 is 1.85 bits per heavy atom. The summed E-state index contributed by atoms with van der Waals surface area (Å²) >= 11 is 0. The summed E-state index contributed by atoms with van der Waals surface area (Å²) in [4.78, 5) is 22.5. The predicted molar refractivity (Wildman–Crippen MR) is 103 cm³/mol. The van der Waals surface area contributed by atoms with Crippen LogP contribution in [-0.4, -0.2) is 27.6 Å². The van der Waals surface area contributed by atoms with Gasteiger partial charge in [-0.05, 0) is 12.5 Å². The number of likely N-dealkylation sites (tertiary alicyclic amines) is 1. The van der Waals surface area contributed by atoms with Crippen LogP contribution in [0, 0.1) is 5.92 Å². The first-order valence-electron chi connectivity index (χ1n) is 9.64. The Balaban J connectivity index is 1.52. The first-order valence-corrected chi connectivity index (χ1v) is 9.64. The largest absolute Gasteiger partial charge is 0.330 e. The highest BCUT2D eigenvalue weighted by atomic mass is 16.1. The lowest BCUT2D eigenvalue weighted by molar-refractivity contribution is -0.924. The van der Waals surface area contributed by atoms with Crippen LogP contribution in [0.1, 0.15) is 23.6 Å². The third kappa shape index (κ3) is 3.08. The van der Waals surface area contributed by atoms with Gasteiger partial charge in [-0.15, -0.1) is 0 Å². The van der Waals surface area contributed by atoms with Gasteiger partial charge in [0.05, 0.1) is 13.1 Å². The zero-order valence-electron chi connectivity index (χ0n) is 15.2. The minimum atomic E-state index is 0.117. The molecule has 0 saturated carbocycles. The molecule has 2 bridgehead atoms. The van der Waals surface area contributed by atoms with E-state index in [1.165, 1.54) is 17.7 Å². The maximum absolute atomic E-state index is 12.6. The van der Waals surface area contributed by atoms with Crippen molar-refractivity contribution < 1.29 is 4.90 Å². The standard InChI is InChI=1S/C22H22N4O/c27-21-7-6-20(19-9-23-15-24-10-19)22-18-8-17(13-26(21)22)12-25(14-18)11-16-4-2-1-3-5-16/h1-7,9-10,15,17-18H,8,11-14H2/p+1/t17-,18+/m0/s1. The monoisotopic (exact) mass is 359 g/mol. The summed E-state index contributed by atoms with van der Waals surface area (Å²) in [7, 11) is 0. The van der Waals surface area contributed by atoms with Gasteiger partial charge in [-0.2, -0.15) is 0 Å². The number of piperidine rings is 1. The van der Waals surface area contributed by atoms with Gasteiger partial charge in [0.1, 0.15) is 12.9 Å². The van der Waals surface area contributed by atoms with E-state index >= 15 is 0 Å². The fourth-order valence-corrected chi connectivity index (χ4v) is 4.95. The van der Waals surface area contributed by atoms with Gasteiger partial charge in [-0.1, -0.05) is 30.3 Å². The van der Waals surface area contributed by atoms with Crippen molar-refractivity contribution in [3.05, 3.63) is 82.8 Å². The summed E-state index contributed by atoms with van der Waals surface area (Å²) in [5.74, 6) is 0.968. The van der Waals surface area contributed by atoms with Crippen LogP contribution in [0.3, 0.4) is 0 Å². The average molecular weight is 359 g/mol. The Kier molecular flexibility index (Phi) is 4.09. The van der Waals surface area contributed by atoms with Gasteiger partial charge < -0.3 is 9.47 Å². The first kappa shape index (κ1) is 16.4. The molecule has 1 N–H and O–H groups in total. The van der Waals surface area contributed by atoms with E-state index < -0.39 is 0 Å². The number of quaternary nitrogens is 1. The number of rotatable bonds is 3. The smallest absolute Gasteiger partial charge is 0.250 e. The van der Waals surface area contributed by atoms with Crippen molar-refractivity contribution in [2.75, 3.05) is 13.1 Å². The highest BCUT2D eigenvalue weighted by Gasteiger charge is 2.38. The molecule has 2 aliphatic rings. The molecule has 1 fully saturated rings. The number of nitrogens with one attached hydrogen (secondary N) is 1. The molecule has 3 atom stereocenters. The summed E-state index contributed by atoms with van der Waals surface area (Å²) < 4.78 is 2.01. The average Bonchev–Trinajstić information content (AvgIpc) is 2.70. The van der Waals surface area contributed by atoms with Crippen LogP contribution >= 0.6 is 0 Å². The van der Waals surface area contributed by atoms with Gasteiger partial charge in [0, 0.05) is 59.2 Å². The molecule has 3 aromatic rings. The number of hydrogen-bond donors (Lipinski definition) is 1. The van der Waals surface area contributed by atoms with E-state index in [1.54, 1.807) is 17.3 Å². The van der Waals surface area contributed by atoms with Crippen molar-refractivity contribution in [1.82, 2.24) is 14.5 Å². The van der Waals surface area contributed by atoms with E-state index in [0.717, 1.165) is 37.3 Å². The highest BCUT2D eigenvalue weighted by molar-refractivity contribution is 5.65. The second-order valence-corrected chi connectivity index (χ2v) is 7.83. The van der Waals surface area contributed by atoms with E-state index in [-0.39, 0.29) is 5.56 Å². The Morgan fingerprint density at radius 3 is 2.67 bits per heavy atom. The Bertz CT molecular complexity index is 1000. The Morgan fingerprint density at radius 1 is 1.04 bits per heavy atom. The summed E-state index contributed by atoms with van der Waals surface area (Å²) in [6.07, 6.45) is 6.41. The molecule has 5 heteroatoms. The lowest BCUT2D eigenvalue weighted by Gasteiger charge is -2.41. The van der Waals surface area contributed by atoms with Gasteiger partial charge in [-0.3, -0.25) is 4.79 Å². The van der Waals surface area contributed by atoms with Crippen LogP contribution < -0.4 is 10.5 Å². The van der Waals surface area contributed by atoms with E-state index in [2.05, 4.69) is 40.3 Å². The fourth-order valence-electron chi connectivity index (χ4n) is 4.95. The van der Waals surface area contributed by atoms with Crippen molar-refractivity contribution in [1.29, 1.82) is 0 Å². The van der Waals surface area contributed by atoms with Gasteiger partial charge in [0.25, 0.3) is 5.56 Å². The minimum Gasteiger partial charge on any atom is -0.330 e. The van der Waals surface area contributed by atoms with E-state index in [0.29, 0.717) is 11.8 Å². The normalized spacial score (nSPS) is 23.6. The fraction of sp³-hybridized carbons (Fsp3) is 0.318.